The number of furan rings is 2. The summed E-state index contributed by atoms with van der Waals surface area (Å²) >= 11 is 0. The number of hydrogen-bond acceptors (Lipinski definition) is 6. The molecule has 1 aliphatic heterocycles. The maximum Gasteiger partial charge on any atom is 0.137 e. The third-order valence-electron chi connectivity index (χ3n) is 10.9. The first-order valence-corrected chi connectivity index (χ1v) is 19.3. The van der Waals surface area contributed by atoms with Gasteiger partial charge in [-0.2, -0.15) is 0 Å². The molecule has 2 atom stereocenters. The average molecular weight is 737 g/mol. The van der Waals surface area contributed by atoms with E-state index in [1.54, 1.807) is 0 Å². The highest BCUT2D eigenvalue weighted by atomic mass is 16.3. The summed E-state index contributed by atoms with van der Waals surface area (Å²) < 4.78 is 13.3. The van der Waals surface area contributed by atoms with Gasteiger partial charge in [0.1, 0.15) is 40.5 Å². The van der Waals surface area contributed by atoms with Crippen molar-refractivity contribution in [3.8, 4) is 11.1 Å². The molecule has 0 radical (unpaired) electrons. The average Bonchev–Trinajstić information content (AvgIpc) is 3.85. The first-order chi connectivity index (χ1) is 28.2. The molecule has 0 bridgehead atoms. The summed E-state index contributed by atoms with van der Waals surface area (Å²) in [5.74, 6) is 0.848. The number of nitrogens with one attached hydrogen (secondary N) is 2. The van der Waals surface area contributed by atoms with Crippen molar-refractivity contribution in [3.63, 3.8) is 0 Å². The van der Waals surface area contributed by atoms with Gasteiger partial charge in [0.2, 0.25) is 0 Å². The smallest absolute Gasteiger partial charge is 0.137 e. The van der Waals surface area contributed by atoms with E-state index in [0.717, 1.165) is 94.6 Å². The third-order valence-corrected chi connectivity index (χ3v) is 10.9. The summed E-state index contributed by atoms with van der Waals surface area (Å²) in [6.45, 7) is 0. The fourth-order valence-electron chi connectivity index (χ4n) is 8.32. The molecule has 0 aliphatic carbocycles. The first-order valence-electron chi connectivity index (χ1n) is 19.3. The Morgan fingerprint density at radius 2 is 1.05 bits per heavy atom. The predicted molar refractivity (Wildman–Crippen MR) is 232 cm³/mol. The molecule has 57 heavy (non-hydrogen) atoms. The van der Waals surface area contributed by atoms with Gasteiger partial charge in [0.15, 0.2) is 0 Å². The quantitative estimate of drug-likeness (QED) is 0.171. The number of hydrogen-bond donors (Lipinski definition) is 2. The molecule has 272 valence electrons. The Labute approximate surface area is 329 Å². The molecule has 2 unspecified atom stereocenters. The van der Waals surface area contributed by atoms with E-state index in [0.29, 0.717) is 0 Å². The lowest BCUT2D eigenvalue weighted by Crippen LogP contribution is -2.45. The Morgan fingerprint density at radius 3 is 1.77 bits per heavy atom. The normalized spacial score (nSPS) is 15.5. The molecule has 0 saturated carbocycles. The van der Waals surface area contributed by atoms with Crippen LogP contribution in [0, 0.1) is 0 Å². The lowest BCUT2D eigenvalue weighted by molar-refractivity contribution is 0.411. The zero-order valence-electron chi connectivity index (χ0n) is 30.8. The molecule has 11 rings (SSSR count). The van der Waals surface area contributed by atoms with Gasteiger partial charge in [-0.3, -0.25) is 5.32 Å². The maximum atomic E-state index is 6.66. The van der Waals surface area contributed by atoms with E-state index in [4.69, 9.17) is 13.8 Å². The zero-order valence-corrected chi connectivity index (χ0v) is 30.8. The van der Waals surface area contributed by atoms with Crippen molar-refractivity contribution in [3.05, 3.63) is 211 Å². The first kappa shape index (κ1) is 33.0. The highest BCUT2D eigenvalue weighted by Crippen LogP contribution is 2.43. The summed E-state index contributed by atoms with van der Waals surface area (Å²) in [6, 6.07) is 67.3. The molecule has 0 fully saturated rings. The summed E-state index contributed by atoms with van der Waals surface area (Å²) in [4.78, 5) is 7.37. The van der Waals surface area contributed by atoms with Gasteiger partial charge in [-0.25, -0.2) is 4.99 Å². The molecule has 2 aromatic heterocycles. The van der Waals surface area contributed by atoms with Crippen LogP contribution in [0.4, 0.5) is 17.1 Å². The monoisotopic (exact) mass is 736 g/mol. The van der Waals surface area contributed by atoms with E-state index < -0.39 is 0 Å². The van der Waals surface area contributed by atoms with Gasteiger partial charge in [0.05, 0.1) is 0 Å². The van der Waals surface area contributed by atoms with E-state index in [2.05, 4.69) is 173 Å². The van der Waals surface area contributed by atoms with Crippen LogP contribution >= 0.6 is 0 Å². The second-order valence-electron chi connectivity index (χ2n) is 14.4. The van der Waals surface area contributed by atoms with Crippen molar-refractivity contribution in [1.29, 1.82) is 0 Å². The highest BCUT2D eigenvalue weighted by Gasteiger charge is 2.28. The standard InChI is InChI=1S/C51H36N4O2/c1-5-15-33(16-6-1)49-52-50(34-17-7-2-8-18-34)54-51(53-49)42-24-14-26-44-48(42)40-29-27-35(31-45(40)56-44)39-23-13-25-43-47(39)41-30-28-38(32-46(41)57-43)55(36-19-9-3-10-20-36)37-21-11-4-12-22-37/h1-32,49,51,53H,(H,52,54). The fourth-order valence-corrected chi connectivity index (χ4v) is 8.32. The number of nitrogens with zero attached hydrogens (tertiary/aromatic N) is 2. The van der Waals surface area contributed by atoms with Gasteiger partial charge in [-0.1, -0.05) is 127 Å². The van der Waals surface area contributed by atoms with Crippen LogP contribution in [0.25, 0.3) is 55.0 Å². The molecule has 0 saturated heterocycles. The van der Waals surface area contributed by atoms with Gasteiger partial charge >= 0.3 is 0 Å². The molecule has 10 aromatic rings. The minimum atomic E-state index is -0.228. The second kappa shape index (κ2) is 13.7. The Bertz CT molecular complexity index is 3040. The van der Waals surface area contributed by atoms with E-state index in [9.17, 15) is 0 Å². The van der Waals surface area contributed by atoms with Crippen LogP contribution in [0.15, 0.2) is 208 Å². The Kier molecular flexibility index (Phi) is 7.93. The largest absolute Gasteiger partial charge is 0.456 e. The van der Waals surface area contributed by atoms with Gasteiger partial charge in [0, 0.05) is 55.8 Å². The van der Waals surface area contributed by atoms with E-state index >= 15 is 0 Å². The van der Waals surface area contributed by atoms with Crippen molar-refractivity contribution in [2.45, 2.75) is 12.3 Å². The molecule has 6 heteroatoms. The van der Waals surface area contributed by atoms with Gasteiger partial charge in [0.25, 0.3) is 0 Å². The molecule has 1 aliphatic rings. The molecular formula is C51H36N4O2. The number of anilines is 3. The molecule has 0 amide bonds. The zero-order chi connectivity index (χ0) is 37.7. The van der Waals surface area contributed by atoms with Crippen LogP contribution in [0.3, 0.4) is 0 Å². The van der Waals surface area contributed by atoms with Crippen LogP contribution in [0.2, 0.25) is 0 Å². The van der Waals surface area contributed by atoms with Crippen molar-refractivity contribution >= 4 is 66.8 Å². The Balaban J connectivity index is 0.993. The van der Waals surface area contributed by atoms with E-state index in [1.165, 1.54) is 0 Å². The Hall–Kier alpha value is -7.41. The van der Waals surface area contributed by atoms with E-state index in [-0.39, 0.29) is 12.3 Å². The summed E-state index contributed by atoms with van der Waals surface area (Å²) in [5, 5.41) is 11.8. The van der Waals surface area contributed by atoms with Crippen LogP contribution in [-0.4, -0.2) is 5.84 Å². The summed E-state index contributed by atoms with van der Waals surface area (Å²) in [5.41, 5.74) is 11.9. The maximum absolute atomic E-state index is 6.66. The fraction of sp³-hybridized carbons (Fsp3) is 0.0392. The van der Waals surface area contributed by atoms with Crippen molar-refractivity contribution < 1.29 is 8.83 Å². The number of aliphatic imine (C=N–C) groups is 1. The molecule has 2 N–H and O–H groups in total. The molecule has 0 spiro atoms. The van der Waals surface area contributed by atoms with E-state index in [1.807, 2.05) is 36.4 Å². The highest BCUT2D eigenvalue weighted by molar-refractivity contribution is 6.14. The van der Waals surface area contributed by atoms with Gasteiger partial charge in [-0.15, -0.1) is 0 Å². The number of rotatable bonds is 7. The van der Waals surface area contributed by atoms with Gasteiger partial charge < -0.3 is 19.1 Å². The minimum Gasteiger partial charge on any atom is -0.456 e. The lowest BCUT2D eigenvalue weighted by Gasteiger charge is -2.32. The third kappa shape index (κ3) is 5.82. The van der Waals surface area contributed by atoms with Crippen molar-refractivity contribution in [2.75, 3.05) is 4.90 Å². The van der Waals surface area contributed by atoms with Crippen LogP contribution < -0.4 is 15.5 Å². The van der Waals surface area contributed by atoms with Crippen LogP contribution in [-0.2, 0) is 0 Å². The number of benzene rings is 8. The molecule has 6 nitrogen and oxygen atoms in total. The SMILES string of the molecule is c1ccc(C2=NC(c3ccccc3)NC(c3cccc4oc5cc(-c6cccc7oc8cc(N(c9ccccc9)c9ccccc9)ccc8c67)ccc5c34)N2)cc1. The number of para-hydroxylation sites is 2. The number of amidine groups is 1. The second-order valence-corrected chi connectivity index (χ2v) is 14.4. The van der Waals surface area contributed by atoms with Crippen LogP contribution in [0.5, 0.6) is 0 Å². The summed E-state index contributed by atoms with van der Waals surface area (Å²) in [6.07, 6.45) is -0.448. The van der Waals surface area contributed by atoms with Gasteiger partial charge in [-0.05, 0) is 77.4 Å². The molecule has 8 aromatic carbocycles. The minimum absolute atomic E-state index is 0.220. The Morgan fingerprint density at radius 1 is 0.456 bits per heavy atom. The van der Waals surface area contributed by atoms with Crippen molar-refractivity contribution in [1.82, 2.24) is 10.6 Å². The summed E-state index contributed by atoms with van der Waals surface area (Å²) in [7, 11) is 0. The predicted octanol–water partition coefficient (Wildman–Crippen LogP) is 13.0. The van der Waals surface area contributed by atoms with Crippen LogP contribution in [0.1, 0.15) is 29.0 Å². The topological polar surface area (TPSA) is 65.9 Å². The lowest BCUT2D eigenvalue weighted by atomic mass is 9.97. The number of fused-ring (bicyclic) bond motifs is 6. The molecule has 3 heterocycles. The molecular weight excluding hydrogens is 701 g/mol. The van der Waals surface area contributed by atoms with Crippen molar-refractivity contribution in [2.24, 2.45) is 4.99 Å².